The van der Waals surface area contributed by atoms with Crippen LogP contribution in [-0.4, -0.2) is 28.4 Å². The van der Waals surface area contributed by atoms with E-state index < -0.39 is 11.7 Å². The Bertz CT molecular complexity index is 722. The van der Waals surface area contributed by atoms with Gasteiger partial charge in [-0.2, -0.15) is 13.2 Å². The van der Waals surface area contributed by atoms with Crippen molar-refractivity contribution in [1.29, 1.82) is 0 Å². The summed E-state index contributed by atoms with van der Waals surface area (Å²) in [6.45, 7) is 2.73. The Morgan fingerprint density at radius 3 is 2.73 bits per heavy atom. The van der Waals surface area contributed by atoms with E-state index in [1.807, 2.05) is 0 Å². The molecule has 2 rings (SSSR count). The van der Waals surface area contributed by atoms with Gasteiger partial charge in [-0.1, -0.05) is 55.0 Å². The maximum atomic E-state index is 13.0. The molecule has 1 aromatic carbocycles. The molecule has 0 aliphatic heterocycles. The minimum absolute atomic E-state index is 0.0821. The number of hydrogen-bond donors (Lipinski definition) is 2. The highest BCUT2D eigenvalue weighted by atomic mass is 32.2. The summed E-state index contributed by atoms with van der Waals surface area (Å²) in [5, 5.41) is 13.4. The van der Waals surface area contributed by atoms with Gasteiger partial charge < -0.3 is 10.6 Å². The van der Waals surface area contributed by atoms with Crippen molar-refractivity contribution in [1.82, 2.24) is 15.5 Å². The van der Waals surface area contributed by atoms with Gasteiger partial charge in [0.05, 0.1) is 17.0 Å². The Morgan fingerprint density at radius 2 is 2.00 bits per heavy atom. The Morgan fingerprint density at radius 1 is 1.23 bits per heavy atom. The molecule has 0 aliphatic carbocycles. The molecule has 0 bridgehead atoms. The van der Waals surface area contributed by atoms with E-state index in [4.69, 9.17) is 0 Å². The highest BCUT2D eigenvalue weighted by molar-refractivity contribution is 8.01. The average Bonchev–Trinajstić information content (AvgIpc) is 3.04. The number of benzene rings is 1. The number of alkyl halides is 3. The second-order valence-corrected chi connectivity index (χ2v) is 7.59. The van der Waals surface area contributed by atoms with Gasteiger partial charge in [-0.25, -0.2) is 0 Å². The fourth-order valence-electron chi connectivity index (χ4n) is 2.05. The molecule has 0 aliphatic rings. The highest BCUT2D eigenvalue weighted by Gasteiger charge is 2.33. The second-order valence-electron chi connectivity index (χ2n) is 5.39. The van der Waals surface area contributed by atoms with E-state index in [0.29, 0.717) is 10.9 Å². The van der Waals surface area contributed by atoms with E-state index in [0.717, 1.165) is 36.7 Å². The van der Waals surface area contributed by atoms with Crippen molar-refractivity contribution in [3.63, 3.8) is 0 Å². The molecular formula is C16H19F3N4OS2. The first-order valence-corrected chi connectivity index (χ1v) is 9.86. The number of halogens is 3. The minimum Gasteiger partial charge on any atom is -0.355 e. The molecule has 0 fully saturated rings. The first-order chi connectivity index (χ1) is 12.4. The van der Waals surface area contributed by atoms with Crippen LogP contribution in [0.25, 0.3) is 0 Å². The van der Waals surface area contributed by atoms with Gasteiger partial charge in [-0.15, -0.1) is 10.2 Å². The molecular weight excluding hydrogens is 385 g/mol. The van der Waals surface area contributed by atoms with Gasteiger partial charge in [0.25, 0.3) is 0 Å². The number of hydrogen-bond acceptors (Lipinski definition) is 6. The van der Waals surface area contributed by atoms with Gasteiger partial charge in [0, 0.05) is 6.54 Å². The lowest BCUT2D eigenvalue weighted by Gasteiger charge is -2.12. The number of rotatable bonds is 9. The van der Waals surface area contributed by atoms with E-state index in [1.165, 1.54) is 30.0 Å². The minimum atomic E-state index is -4.46. The smallest absolute Gasteiger partial charge is 0.355 e. The second kappa shape index (κ2) is 9.77. The highest BCUT2D eigenvalue weighted by Crippen LogP contribution is 2.36. The standard InChI is InChI=1S/C16H19F3N4OS2/c1-2-3-6-9-20-13(24)10-25-15-23-22-14(26-15)21-12-8-5-4-7-11(12)16(17,18)19/h4-5,7-8H,2-3,6,9-10H2,1H3,(H,20,24)(H,21,22). The molecule has 0 atom stereocenters. The molecule has 1 aromatic heterocycles. The van der Waals surface area contributed by atoms with Crippen LogP contribution in [0.1, 0.15) is 31.7 Å². The number of carbonyl (C=O) groups excluding carboxylic acids is 1. The van der Waals surface area contributed by atoms with Gasteiger partial charge in [-0.05, 0) is 18.6 Å². The summed E-state index contributed by atoms with van der Waals surface area (Å²) in [6, 6.07) is 5.17. The molecule has 142 valence electrons. The third kappa shape index (κ3) is 6.49. The summed E-state index contributed by atoms with van der Waals surface area (Å²) in [5.41, 5.74) is -0.850. The van der Waals surface area contributed by atoms with Crippen LogP contribution in [-0.2, 0) is 11.0 Å². The quantitative estimate of drug-likeness (QED) is 0.468. The molecule has 1 heterocycles. The largest absolute Gasteiger partial charge is 0.418 e. The van der Waals surface area contributed by atoms with Gasteiger partial charge >= 0.3 is 6.18 Å². The Hall–Kier alpha value is -1.81. The molecule has 0 spiro atoms. The predicted octanol–water partition coefficient (Wildman–Crippen LogP) is 4.70. The van der Waals surface area contributed by atoms with Crippen molar-refractivity contribution >= 4 is 39.8 Å². The third-order valence-corrected chi connectivity index (χ3v) is 5.28. The fourth-order valence-corrected chi connectivity index (χ4v) is 3.65. The number of thioether (sulfide) groups is 1. The summed E-state index contributed by atoms with van der Waals surface area (Å²) >= 11 is 2.31. The van der Waals surface area contributed by atoms with Crippen LogP contribution < -0.4 is 10.6 Å². The summed E-state index contributed by atoms with van der Waals surface area (Å²) in [5.74, 6) is 0.0955. The van der Waals surface area contributed by atoms with Crippen molar-refractivity contribution in [2.45, 2.75) is 36.7 Å². The van der Waals surface area contributed by atoms with Crippen molar-refractivity contribution in [3.8, 4) is 0 Å². The van der Waals surface area contributed by atoms with Gasteiger partial charge in [0.1, 0.15) is 0 Å². The van der Waals surface area contributed by atoms with Crippen LogP contribution in [0.15, 0.2) is 28.6 Å². The third-order valence-electron chi connectivity index (χ3n) is 3.31. The van der Waals surface area contributed by atoms with Crippen LogP contribution in [0.2, 0.25) is 0 Å². The van der Waals surface area contributed by atoms with E-state index in [-0.39, 0.29) is 22.5 Å². The number of anilines is 2. The summed E-state index contributed by atoms with van der Waals surface area (Å²) in [7, 11) is 0. The van der Waals surface area contributed by atoms with Crippen LogP contribution in [0, 0.1) is 0 Å². The lowest BCUT2D eigenvalue weighted by Crippen LogP contribution is -2.26. The maximum absolute atomic E-state index is 13.0. The zero-order valence-electron chi connectivity index (χ0n) is 14.1. The first kappa shape index (κ1) is 20.5. The van der Waals surface area contributed by atoms with E-state index >= 15 is 0 Å². The number of para-hydroxylation sites is 1. The fraction of sp³-hybridized carbons (Fsp3) is 0.438. The predicted molar refractivity (Wildman–Crippen MR) is 97.9 cm³/mol. The molecule has 10 heteroatoms. The van der Waals surface area contributed by atoms with Crippen LogP contribution >= 0.6 is 23.1 Å². The molecule has 5 nitrogen and oxygen atoms in total. The molecule has 2 N–H and O–H groups in total. The van der Waals surface area contributed by atoms with Crippen molar-refractivity contribution in [2.24, 2.45) is 0 Å². The van der Waals surface area contributed by atoms with E-state index in [1.54, 1.807) is 0 Å². The number of carbonyl (C=O) groups is 1. The average molecular weight is 404 g/mol. The lowest BCUT2D eigenvalue weighted by molar-refractivity contribution is -0.137. The summed E-state index contributed by atoms with van der Waals surface area (Å²) < 4.78 is 39.5. The van der Waals surface area contributed by atoms with Crippen LogP contribution in [0.4, 0.5) is 24.0 Å². The normalized spacial score (nSPS) is 11.4. The molecule has 26 heavy (non-hydrogen) atoms. The molecule has 1 amide bonds. The van der Waals surface area contributed by atoms with Crippen LogP contribution in [0.5, 0.6) is 0 Å². The molecule has 0 saturated carbocycles. The molecule has 0 radical (unpaired) electrons. The zero-order chi connectivity index (χ0) is 19.0. The van der Waals surface area contributed by atoms with Gasteiger partial charge in [0.15, 0.2) is 4.34 Å². The summed E-state index contributed by atoms with van der Waals surface area (Å²) in [6.07, 6.45) is -1.36. The van der Waals surface area contributed by atoms with Gasteiger partial charge in [0.2, 0.25) is 11.0 Å². The maximum Gasteiger partial charge on any atom is 0.418 e. The number of aromatic nitrogens is 2. The number of nitrogens with one attached hydrogen (secondary N) is 2. The van der Waals surface area contributed by atoms with Crippen LogP contribution in [0.3, 0.4) is 0 Å². The SMILES string of the molecule is CCCCCNC(=O)CSc1nnc(Nc2ccccc2C(F)(F)F)s1. The van der Waals surface area contributed by atoms with Crippen molar-refractivity contribution < 1.29 is 18.0 Å². The molecule has 0 unspecified atom stereocenters. The number of amides is 1. The Balaban J connectivity index is 1.88. The summed E-state index contributed by atoms with van der Waals surface area (Å²) in [4.78, 5) is 11.7. The number of unbranched alkanes of at least 4 members (excludes halogenated alkanes) is 2. The molecule has 0 saturated heterocycles. The van der Waals surface area contributed by atoms with Crippen molar-refractivity contribution in [2.75, 3.05) is 17.6 Å². The van der Waals surface area contributed by atoms with Crippen molar-refractivity contribution in [3.05, 3.63) is 29.8 Å². The Kier molecular flexibility index (Phi) is 7.70. The first-order valence-electron chi connectivity index (χ1n) is 8.06. The van der Waals surface area contributed by atoms with Gasteiger partial charge in [-0.3, -0.25) is 4.79 Å². The Labute approximate surface area is 157 Å². The molecule has 2 aromatic rings. The number of nitrogens with zero attached hydrogens (tertiary/aromatic N) is 2. The monoisotopic (exact) mass is 404 g/mol. The van der Waals surface area contributed by atoms with E-state index in [9.17, 15) is 18.0 Å². The van der Waals surface area contributed by atoms with E-state index in [2.05, 4.69) is 27.8 Å². The lowest BCUT2D eigenvalue weighted by atomic mass is 10.2. The topological polar surface area (TPSA) is 66.9 Å². The zero-order valence-corrected chi connectivity index (χ0v) is 15.7.